The second-order valence-corrected chi connectivity index (χ2v) is 6.62. The Hall–Kier alpha value is -1.41. The molecule has 1 atom stereocenters. The van der Waals surface area contributed by atoms with Crippen LogP contribution < -0.4 is 5.32 Å². The molecule has 1 aromatic heterocycles. The molecule has 3 rings (SSSR count). The quantitative estimate of drug-likeness (QED) is 0.684. The van der Waals surface area contributed by atoms with Gasteiger partial charge in [-0.05, 0) is 65.6 Å². The fourth-order valence-corrected chi connectivity index (χ4v) is 2.78. The molecule has 2 aliphatic rings. The second kappa shape index (κ2) is 5.42. The van der Waals surface area contributed by atoms with Gasteiger partial charge in [0, 0.05) is 9.77 Å². The largest absolute Gasteiger partial charge is 0.510 e. The Bertz CT molecular complexity index is 633. The van der Waals surface area contributed by atoms with Crippen molar-refractivity contribution in [2.24, 2.45) is 5.41 Å². The Balaban J connectivity index is 1.77. The van der Waals surface area contributed by atoms with E-state index in [0.29, 0.717) is 12.2 Å². The number of amides is 1. The number of hydrogen-bond donors (Lipinski definition) is 3. The Morgan fingerprint density at radius 3 is 2.76 bits per heavy atom. The molecule has 1 amide bonds. The normalized spacial score (nSPS) is 23.0. The predicted molar refractivity (Wildman–Crippen MR) is 86.7 cm³/mol. The molecule has 0 bridgehead atoms. The first-order valence-electron chi connectivity index (χ1n) is 6.73. The molecule has 6 heteroatoms. The summed E-state index contributed by atoms with van der Waals surface area (Å²) in [5.41, 5.74) is 0.201. The lowest BCUT2D eigenvalue weighted by Gasteiger charge is -2.21. The molecule has 1 saturated carbocycles. The zero-order valence-electron chi connectivity index (χ0n) is 11.2. The zero-order chi connectivity index (χ0) is 15.0. The molecule has 2 aliphatic carbocycles. The molecule has 110 valence electrons. The van der Waals surface area contributed by atoms with Gasteiger partial charge in [-0.3, -0.25) is 4.79 Å². The number of hydrogen-bond acceptors (Lipinski definition) is 4. The third kappa shape index (κ3) is 2.82. The molecule has 3 N–H and O–H groups in total. The van der Waals surface area contributed by atoms with Crippen molar-refractivity contribution in [2.75, 3.05) is 5.32 Å². The number of allylic oxidation sites excluding steroid dienone is 1. The van der Waals surface area contributed by atoms with Crippen molar-refractivity contribution in [1.82, 2.24) is 4.98 Å². The third-order valence-corrected chi connectivity index (χ3v) is 4.55. The molecule has 1 heterocycles. The SMILES string of the molecule is O=C(Nc1ccc(I)cn1)C1(C2=CCC(O)C(O)=C2)CC1. The van der Waals surface area contributed by atoms with Crippen molar-refractivity contribution in [3.63, 3.8) is 0 Å². The highest BCUT2D eigenvalue weighted by molar-refractivity contribution is 14.1. The topological polar surface area (TPSA) is 82.5 Å². The highest BCUT2D eigenvalue weighted by atomic mass is 127. The van der Waals surface area contributed by atoms with Crippen LogP contribution in [0, 0.1) is 8.99 Å². The van der Waals surface area contributed by atoms with Gasteiger partial charge in [0.2, 0.25) is 5.91 Å². The molecule has 0 aromatic carbocycles. The minimum Gasteiger partial charge on any atom is -0.510 e. The molecule has 21 heavy (non-hydrogen) atoms. The Kier molecular flexibility index (Phi) is 3.75. The molecular formula is C15H15IN2O3. The molecule has 0 saturated heterocycles. The fourth-order valence-electron chi connectivity index (χ4n) is 2.46. The second-order valence-electron chi connectivity index (χ2n) is 5.38. The maximum Gasteiger partial charge on any atom is 0.236 e. The van der Waals surface area contributed by atoms with Crippen molar-refractivity contribution >= 4 is 34.3 Å². The molecule has 0 radical (unpaired) electrons. The smallest absolute Gasteiger partial charge is 0.236 e. The van der Waals surface area contributed by atoms with Crippen molar-refractivity contribution in [2.45, 2.75) is 25.4 Å². The van der Waals surface area contributed by atoms with Gasteiger partial charge < -0.3 is 15.5 Å². The van der Waals surface area contributed by atoms with Gasteiger partial charge in [-0.15, -0.1) is 0 Å². The standard InChI is InChI=1S/C15H15IN2O3/c16-10-2-4-13(17-8-10)18-14(21)15(5-6-15)9-1-3-11(19)12(20)7-9/h1-2,4,7-8,11,19-20H,3,5-6H2,(H,17,18,21). The minimum atomic E-state index is -0.856. The van der Waals surface area contributed by atoms with Gasteiger partial charge in [-0.1, -0.05) is 6.08 Å². The summed E-state index contributed by atoms with van der Waals surface area (Å²) in [5, 5.41) is 22.0. The molecule has 5 nitrogen and oxygen atoms in total. The number of pyridine rings is 1. The van der Waals surface area contributed by atoms with Crippen LogP contribution in [0.5, 0.6) is 0 Å². The first kappa shape index (κ1) is 14.5. The predicted octanol–water partition coefficient (Wildman–Crippen LogP) is 2.54. The van der Waals surface area contributed by atoms with E-state index in [1.807, 2.05) is 12.1 Å². The van der Waals surface area contributed by atoms with E-state index in [1.165, 1.54) is 6.08 Å². The number of nitrogens with zero attached hydrogens (tertiary/aromatic N) is 1. The molecule has 1 fully saturated rings. The lowest BCUT2D eigenvalue weighted by Crippen LogP contribution is -2.28. The van der Waals surface area contributed by atoms with Crippen LogP contribution in [0.15, 0.2) is 41.8 Å². The van der Waals surface area contributed by atoms with Crippen molar-refractivity contribution in [3.8, 4) is 0 Å². The summed E-state index contributed by atoms with van der Waals surface area (Å²) in [6.45, 7) is 0. The molecular weight excluding hydrogens is 383 g/mol. The van der Waals surface area contributed by atoms with Crippen LogP contribution >= 0.6 is 22.6 Å². The number of rotatable bonds is 3. The van der Waals surface area contributed by atoms with E-state index in [-0.39, 0.29) is 11.7 Å². The molecule has 0 aliphatic heterocycles. The summed E-state index contributed by atoms with van der Waals surface area (Å²) in [4.78, 5) is 16.7. The van der Waals surface area contributed by atoms with Crippen LogP contribution in [0.25, 0.3) is 0 Å². The van der Waals surface area contributed by atoms with E-state index in [2.05, 4.69) is 32.9 Å². The van der Waals surface area contributed by atoms with E-state index in [0.717, 1.165) is 22.0 Å². The lowest BCUT2D eigenvalue weighted by atomic mass is 9.89. The summed E-state index contributed by atoms with van der Waals surface area (Å²) < 4.78 is 1.00. The van der Waals surface area contributed by atoms with Crippen LogP contribution in [0.4, 0.5) is 5.82 Å². The van der Waals surface area contributed by atoms with E-state index in [9.17, 15) is 15.0 Å². The van der Waals surface area contributed by atoms with E-state index >= 15 is 0 Å². The van der Waals surface area contributed by atoms with Crippen LogP contribution in [0.2, 0.25) is 0 Å². The van der Waals surface area contributed by atoms with Crippen molar-refractivity contribution < 1.29 is 15.0 Å². The highest BCUT2D eigenvalue weighted by Gasteiger charge is 2.52. The summed E-state index contributed by atoms with van der Waals surface area (Å²) >= 11 is 2.15. The van der Waals surface area contributed by atoms with Crippen molar-refractivity contribution in [3.05, 3.63) is 45.4 Å². The molecule has 1 unspecified atom stereocenters. The fraction of sp³-hybridized carbons (Fsp3) is 0.333. The monoisotopic (exact) mass is 398 g/mol. The van der Waals surface area contributed by atoms with Gasteiger partial charge >= 0.3 is 0 Å². The molecule has 0 spiro atoms. The first-order valence-corrected chi connectivity index (χ1v) is 7.81. The van der Waals surface area contributed by atoms with Gasteiger partial charge in [0.15, 0.2) is 0 Å². The minimum absolute atomic E-state index is 0.0704. The van der Waals surface area contributed by atoms with Gasteiger partial charge in [0.1, 0.15) is 17.7 Å². The van der Waals surface area contributed by atoms with E-state index in [4.69, 9.17) is 0 Å². The Morgan fingerprint density at radius 1 is 1.43 bits per heavy atom. The third-order valence-electron chi connectivity index (χ3n) is 3.91. The van der Waals surface area contributed by atoms with Gasteiger partial charge in [0.25, 0.3) is 0 Å². The number of anilines is 1. The van der Waals surface area contributed by atoms with Gasteiger partial charge in [-0.2, -0.15) is 0 Å². The van der Waals surface area contributed by atoms with Gasteiger partial charge in [-0.25, -0.2) is 4.98 Å². The highest BCUT2D eigenvalue weighted by Crippen LogP contribution is 2.54. The number of aliphatic hydroxyl groups excluding tert-OH is 2. The maximum absolute atomic E-state index is 12.5. The number of carbonyl (C=O) groups excluding carboxylic acids is 1. The van der Waals surface area contributed by atoms with Crippen LogP contribution in [0.3, 0.4) is 0 Å². The average Bonchev–Trinajstić information content (AvgIpc) is 3.26. The summed E-state index contributed by atoms with van der Waals surface area (Å²) in [6, 6.07) is 3.65. The zero-order valence-corrected chi connectivity index (χ0v) is 13.4. The average molecular weight is 398 g/mol. The summed E-state index contributed by atoms with van der Waals surface area (Å²) in [7, 11) is 0. The lowest BCUT2D eigenvalue weighted by molar-refractivity contribution is -0.119. The number of carbonyl (C=O) groups is 1. The Morgan fingerprint density at radius 2 is 2.19 bits per heavy atom. The molecule has 1 aromatic rings. The number of aromatic nitrogens is 1. The van der Waals surface area contributed by atoms with Crippen LogP contribution in [-0.4, -0.2) is 27.2 Å². The first-order chi connectivity index (χ1) is 10.0. The number of halogens is 1. The summed E-state index contributed by atoms with van der Waals surface area (Å²) in [5.74, 6) is 0.346. The van der Waals surface area contributed by atoms with Crippen LogP contribution in [0.1, 0.15) is 19.3 Å². The Labute approximate surface area is 135 Å². The van der Waals surface area contributed by atoms with Crippen molar-refractivity contribution in [1.29, 1.82) is 0 Å². The maximum atomic E-state index is 12.5. The van der Waals surface area contributed by atoms with E-state index < -0.39 is 11.5 Å². The van der Waals surface area contributed by atoms with Crippen LogP contribution in [-0.2, 0) is 4.79 Å². The number of aliphatic hydroxyl groups is 2. The van der Waals surface area contributed by atoms with Gasteiger partial charge in [0.05, 0.1) is 5.41 Å². The number of nitrogens with one attached hydrogen (secondary N) is 1. The summed E-state index contributed by atoms with van der Waals surface area (Å²) in [6.07, 6.45) is 6.02. The van der Waals surface area contributed by atoms with E-state index in [1.54, 1.807) is 12.3 Å².